The molecule has 0 unspecified atom stereocenters. The van der Waals surface area contributed by atoms with Gasteiger partial charge in [-0.15, -0.1) is 0 Å². The number of carbonyl (C=O) groups excluding carboxylic acids is 1. The number of rotatable bonds is 5. The topological polar surface area (TPSA) is 73.0 Å². The van der Waals surface area contributed by atoms with Crippen LogP contribution in [0.5, 0.6) is 0 Å². The van der Waals surface area contributed by atoms with Crippen LogP contribution in [0.4, 0.5) is 5.69 Å². The lowest BCUT2D eigenvalue weighted by Crippen LogP contribution is -2.13. The number of hydrogen-bond donors (Lipinski definition) is 1. The summed E-state index contributed by atoms with van der Waals surface area (Å²) in [6.45, 7) is 4.02. The Morgan fingerprint density at radius 3 is 2.44 bits per heavy atom. The van der Waals surface area contributed by atoms with Crippen molar-refractivity contribution in [2.75, 3.05) is 5.32 Å². The van der Waals surface area contributed by atoms with Crippen molar-refractivity contribution in [1.82, 2.24) is 14.9 Å². The molecule has 0 aliphatic heterocycles. The maximum atomic E-state index is 12.8. The molecule has 0 radical (unpaired) electrons. The maximum absolute atomic E-state index is 12.8. The third-order valence-corrected chi connectivity index (χ3v) is 6.18. The van der Waals surface area contributed by atoms with E-state index in [0.717, 1.165) is 11.3 Å². The van der Waals surface area contributed by atoms with Gasteiger partial charge in [0.1, 0.15) is 0 Å². The van der Waals surface area contributed by atoms with Gasteiger partial charge in [-0.3, -0.25) is 9.48 Å². The Morgan fingerprint density at radius 2 is 1.75 bits per heavy atom. The van der Waals surface area contributed by atoms with E-state index in [4.69, 9.17) is 50.9 Å². The maximum Gasteiger partial charge on any atom is 0.277 e. The molecule has 0 atom stereocenters. The first-order valence-electron chi connectivity index (χ1n) is 9.45. The zero-order valence-electron chi connectivity index (χ0n) is 16.9. The van der Waals surface area contributed by atoms with E-state index >= 15 is 0 Å². The van der Waals surface area contributed by atoms with E-state index in [1.165, 1.54) is 6.07 Å². The number of benzene rings is 2. The highest BCUT2D eigenvalue weighted by Gasteiger charge is 2.20. The standard InChI is InChI=1S/C22H16Cl4N4O2/c1-11-21(12(2)30(28-11)10-15-16(24)4-3-5-17(15)25)27-22(31)19-9-20(32-29-19)14-7-6-13(23)8-18(14)26/h3-9H,10H2,1-2H3,(H,27,31). The Bertz CT molecular complexity index is 1310. The normalized spacial score (nSPS) is 11.1. The number of nitrogens with zero attached hydrogens (tertiary/aromatic N) is 3. The quantitative estimate of drug-likeness (QED) is 0.312. The third kappa shape index (κ3) is 4.50. The highest BCUT2D eigenvalue weighted by atomic mass is 35.5. The van der Waals surface area contributed by atoms with Gasteiger partial charge in [-0.2, -0.15) is 5.10 Å². The fraction of sp³-hybridized carbons (Fsp3) is 0.136. The van der Waals surface area contributed by atoms with Crippen LogP contribution in [0.3, 0.4) is 0 Å². The molecule has 10 heteroatoms. The van der Waals surface area contributed by atoms with Gasteiger partial charge in [0.05, 0.1) is 28.6 Å². The molecule has 0 spiro atoms. The minimum absolute atomic E-state index is 0.103. The summed E-state index contributed by atoms with van der Waals surface area (Å²) in [4.78, 5) is 12.8. The number of hydrogen-bond acceptors (Lipinski definition) is 4. The number of aromatic nitrogens is 3. The smallest absolute Gasteiger partial charge is 0.277 e. The molecule has 0 saturated carbocycles. The predicted molar refractivity (Wildman–Crippen MR) is 127 cm³/mol. The summed E-state index contributed by atoms with van der Waals surface area (Å²) in [5.74, 6) is -0.0825. The summed E-state index contributed by atoms with van der Waals surface area (Å²) in [5.41, 5.74) is 3.40. The second-order valence-corrected chi connectivity index (χ2v) is 8.72. The van der Waals surface area contributed by atoms with E-state index in [0.29, 0.717) is 49.3 Å². The van der Waals surface area contributed by atoms with Crippen molar-refractivity contribution in [3.05, 3.63) is 85.2 Å². The van der Waals surface area contributed by atoms with Crippen molar-refractivity contribution in [3.8, 4) is 11.3 Å². The fourth-order valence-electron chi connectivity index (χ4n) is 3.24. The van der Waals surface area contributed by atoms with E-state index in [9.17, 15) is 4.79 Å². The van der Waals surface area contributed by atoms with Gasteiger partial charge in [0, 0.05) is 32.3 Å². The SMILES string of the molecule is Cc1nn(Cc2c(Cl)cccc2Cl)c(C)c1NC(=O)c1cc(-c2ccc(Cl)cc2Cl)on1. The van der Waals surface area contributed by atoms with E-state index in [1.54, 1.807) is 48.0 Å². The van der Waals surface area contributed by atoms with Crippen molar-refractivity contribution in [2.24, 2.45) is 0 Å². The molecule has 0 fully saturated rings. The van der Waals surface area contributed by atoms with Gasteiger partial charge in [0.15, 0.2) is 11.5 Å². The summed E-state index contributed by atoms with van der Waals surface area (Å²) in [6.07, 6.45) is 0. The molecule has 6 nitrogen and oxygen atoms in total. The zero-order valence-corrected chi connectivity index (χ0v) is 19.9. The number of halogens is 4. The van der Waals surface area contributed by atoms with E-state index in [1.807, 2.05) is 6.92 Å². The van der Waals surface area contributed by atoms with Crippen molar-refractivity contribution in [2.45, 2.75) is 20.4 Å². The summed E-state index contributed by atoms with van der Waals surface area (Å²) in [6, 6.07) is 11.8. The van der Waals surface area contributed by atoms with E-state index < -0.39 is 5.91 Å². The van der Waals surface area contributed by atoms with Crippen molar-refractivity contribution in [1.29, 1.82) is 0 Å². The number of aryl methyl sites for hydroxylation is 1. The molecule has 2 aromatic heterocycles. The lowest BCUT2D eigenvalue weighted by atomic mass is 10.1. The van der Waals surface area contributed by atoms with Gasteiger partial charge >= 0.3 is 0 Å². The Balaban J connectivity index is 1.56. The molecule has 4 rings (SSSR count). The summed E-state index contributed by atoms with van der Waals surface area (Å²) < 4.78 is 7.05. The Hall–Kier alpha value is -2.51. The van der Waals surface area contributed by atoms with Crippen LogP contribution in [0.15, 0.2) is 47.0 Å². The highest BCUT2D eigenvalue weighted by Crippen LogP contribution is 2.31. The number of nitrogens with one attached hydrogen (secondary N) is 1. The molecule has 164 valence electrons. The lowest BCUT2D eigenvalue weighted by molar-refractivity contribution is 0.101. The molecule has 0 aliphatic rings. The molecular weight excluding hydrogens is 494 g/mol. The number of amides is 1. The second-order valence-electron chi connectivity index (χ2n) is 7.06. The van der Waals surface area contributed by atoms with Gasteiger partial charge in [0.2, 0.25) is 0 Å². The molecule has 2 aromatic carbocycles. The van der Waals surface area contributed by atoms with Crippen molar-refractivity contribution < 1.29 is 9.32 Å². The first-order chi connectivity index (χ1) is 15.2. The van der Waals surface area contributed by atoms with Gasteiger partial charge in [0.25, 0.3) is 5.91 Å². The van der Waals surface area contributed by atoms with Gasteiger partial charge < -0.3 is 9.84 Å². The molecule has 1 amide bonds. The molecule has 1 N–H and O–H groups in total. The number of anilines is 1. The molecule has 0 aliphatic carbocycles. The van der Waals surface area contributed by atoms with E-state index in [2.05, 4.69) is 15.6 Å². The van der Waals surface area contributed by atoms with Crippen LogP contribution in [0.2, 0.25) is 20.1 Å². The minimum atomic E-state index is -0.438. The van der Waals surface area contributed by atoms with Crippen LogP contribution in [-0.4, -0.2) is 20.8 Å². The van der Waals surface area contributed by atoms with Crippen LogP contribution in [0.1, 0.15) is 27.4 Å². The first-order valence-corrected chi connectivity index (χ1v) is 11.0. The molecule has 0 bridgehead atoms. The third-order valence-electron chi connectivity index (χ3n) is 4.93. The van der Waals surface area contributed by atoms with Crippen molar-refractivity contribution >= 4 is 58.0 Å². The molecule has 0 saturated heterocycles. The average Bonchev–Trinajstić information content (AvgIpc) is 3.32. The van der Waals surface area contributed by atoms with Gasteiger partial charge in [-0.05, 0) is 44.2 Å². The molecule has 32 heavy (non-hydrogen) atoms. The van der Waals surface area contributed by atoms with Crippen LogP contribution in [0.25, 0.3) is 11.3 Å². The highest BCUT2D eigenvalue weighted by molar-refractivity contribution is 6.36. The van der Waals surface area contributed by atoms with Crippen LogP contribution < -0.4 is 5.32 Å². The molecule has 4 aromatic rings. The summed E-state index contributed by atoms with van der Waals surface area (Å²) in [7, 11) is 0. The van der Waals surface area contributed by atoms with E-state index in [-0.39, 0.29) is 5.69 Å². The van der Waals surface area contributed by atoms with Crippen molar-refractivity contribution in [3.63, 3.8) is 0 Å². The first kappa shape index (κ1) is 22.7. The largest absolute Gasteiger partial charge is 0.355 e. The molecular formula is C22H16Cl4N4O2. The summed E-state index contributed by atoms with van der Waals surface area (Å²) >= 11 is 24.7. The Morgan fingerprint density at radius 1 is 1.03 bits per heavy atom. The second kappa shape index (κ2) is 9.16. The summed E-state index contributed by atoms with van der Waals surface area (Å²) in [5, 5.41) is 13.2. The van der Waals surface area contributed by atoms with Crippen LogP contribution in [-0.2, 0) is 6.54 Å². The van der Waals surface area contributed by atoms with Crippen LogP contribution >= 0.6 is 46.4 Å². The minimum Gasteiger partial charge on any atom is -0.355 e. The van der Waals surface area contributed by atoms with Crippen LogP contribution in [0, 0.1) is 13.8 Å². The van der Waals surface area contributed by atoms with Gasteiger partial charge in [-0.25, -0.2) is 0 Å². The molecule has 2 heterocycles. The Kier molecular flexibility index (Phi) is 6.49. The zero-order chi connectivity index (χ0) is 23.0. The fourth-order valence-corrected chi connectivity index (χ4v) is 4.26. The number of carbonyl (C=O) groups is 1. The van der Waals surface area contributed by atoms with Gasteiger partial charge in [-0.1, -0.05) is 57.6 Å². The predicted octanol–water partition coefficient (Wildman–Crippen LogP) is 7.07. The Labute approximate surface area is 204 Å². The lowest BCUT2D eigenvalue weighted by Gasteiger charge is -2.09. The average molecular weight is 510 g/mol. The monoisotopic (exact) mass is 508 g/mol.